The lowest BCUT2D eigenvalue weighted by Gasteiger charge is -2.05. The number of ketones is 1. The van der Waals surface area contributed by atoms with E-state index in [9.17, 15) is 9.90 Å². The Morgan fingerprint density at radius 3 is 2.57 bits per heavy atom. The maximum atomic E-state index is 12.5. The number of hydrogen-bond donors (Lipinski definition) is 2. The lowest BCUT2D eigenvalue weighted by Crippen LogP contribution is -2.25. The summed E-state index contributed by atoms with van der Waals surface area (Å²) in [6.45, 7) is -0.0119. The minimum Gasteiger partial charge on any atom is -0.392 e. The van der Waals surface area contributed by atoms with E-state index in [2.05, 4.69) is 15.9 Å². The number of para-hydroxylation sites is 1. The molecule has 1 aromatic heterocycles. The van der Waals surface area contributed by atoms with Crippen LogP contribution in [0.2, 0.25) is 0 Å². The van der Waals surface area contributed by atoms with E-state index in [0.717, 1.165) is 21.1 Å². The van der Waals surface area contributed by atoms with Gasteiger partial charge < -0.3 is 14.2 Å². The molecule has 118 valence electrons. The minimum atomic E-state index is -0.102. The number of carbonyl (C=O) groups is 1. The van der Waals surface area contributed by atoms with E-state index >= 15 is 0 Å². The highest BCUT2D eigenvalue weighted by Gasteiger charge is 2.15. The third kappa shape index (κ3) is 2.75. The van der Waals surface area contributed by atoms with Crippen molar-refractivity contribution in [2.75, 3.05) is 0 Å². The van der Waals surface area contributed by atoms with Gasteiger partial charge in [0, 0.05) is 22.6 Å². The maximum absolute atomic E-state index is 12.5. The number of Topliss-reactive ketones (excluding diaryl/α,β-unsaturated/α-hetero) is 1. The largest absolute Gasteiger partial charge is 0.392 e. The van der Waals surface area contributed by atoms with Gasteiger partial charge in [0.1, 0.15) is 0 Å². The highest BCUT2D eigenvalue weighted by atomic mass is 79.9. The molecule has 0 amide bonds. The smallest absolute Gasteiger partial charge is 0.203 e. The summed E-state index contributed by atoms with van der Waals surface area (Å²) < 4.78 is 4.27. The third-order valence-corrected chi connectivity index (χ3v) is 4.46. The Labute approximate surface area is 141 Å². The standard InChI is InChI=1S/C17H16BrN3O2/c1-20-16-12(10-22)3-2-4-14(16)21(17(20)19)9-15(23)11-5-7-13(18)8-6-11/h2-8,19,22H,9-10H2,1H3. The molecule has 2 aromatic carbocycles. The summed E-state index contributed by atoms with van der Waals surface area (Å²) >= 11 is 3.35. The van der Waals surface area contributed by atoms with Crippen molar-refractivity contribution in [1.82, 2.24) is 9.13 Å². The van der Waals surface area contributed by atoms with Gasteiger partial charge in [-0.05, 0) is 18.2 Å². The van der Waals surface area contributed by atoms with Crippen molar-refractivity contribution in [1.29, 1.82) is 5.41 Å². The van der Waals surface area contributed by atoms with Crippen LogP contribution in [0.15, 0.2) is 46.9 Å². The van der Waals surface area contributed by atoms with Crippen molar-refractivity contribution in [3.8, 4) is 0 Å². The molecule has 0 unspecified atom stereocenters. The summed E-state index contributed by atoms with van der Waals surface area (Å²) in [5.41, 5.74) is 3.13. The quantitative estimate of drug-likeness (QED) is 0.690. The number of aliphatic hydroxyl groups is 1. The molecular weight excluding hydrogens is 358 g/mol. The number of aliphatic hydroxyl groups excluding tert-OH is 1. The number of aromatic nitrogens is 2. The van der Waals surface area contributed by atoms with Crippen molar-refractivity contribution in [2.45, 2.75) is 13.2 Å². The van der Waals surface area contributed by atoms with Crippen LogP contribution in [-0.2, 0) is 20.2 Å². The molecule has 0 saturated heterocycles. The van der Waals surface area contributed by atoms with E-state index in [4.69, 9.17) is 5.41 Å². The van der Waals surface area contributed by atoms with Crippen molar-refractivity contribution < 1.29 is 9.90 Å². The average Bonchev–Trinajstić information content (AvgIpc) is 2.80. The number of fused-ring (bicyclic) bond motifs is 1. The van der Waals surface area contributed by atoms with Gasteiger partial charge in [0.05, 0.1) is 24.2 Å². The second-order valence-electron chi connectivity index (χ2n) is 5.34. The molecule has 0 saturated carbocycles. The third-order valence-electron chi connectivity index (χ3n) is 3.94. The number of nitrogens with zero attached hydrogens (tertiary/aromatic N) is 2. The molecule has 23 heavy (non-hydrogen) atoms. The Hall–Kier alpha value is -2.18. The average molecular weight is 374 g/mol. The van der Waals surface area contributed by atoms with Crippen LogP contribution < -0.4 is 5.62 Å². The van der Waals surface area contributed by atoms with Gasteiger partial charge in [0.15, 0.2) is 5.78 Å². The normalized spacial score (nSPS) is 11.1. The highest BCUT2D eigenvalue weighted by Crippen LogP contribution is 2.18. The molecule has 2 N–H and O–H groups in total. The summed E-state index contributed by atoms with van der Waals surface area (Å²) in [6.07, 6.45) is 0. The van der Waals surface area contributed by atoms with Crippen LogP contribution in [-0.4, -0.2) is 20.0 Å². The first kappa shape index (κ1) is 15.7. The van der Waals surface area contributed by atoms with Gasteiger partial charge in [0.25, 0.3) is 0 Å². The lowest BCUT2D eigenvalue weighted by molar-refractivity contribution is 0.0971. The zero-order chi connectivity index (χ0) is 16.6. The second kappa shape index (κ2) is 6.14. The number of aryl methyl sites for hydroxylation is 1. The molecule has 0 aliphatic carbocycles. The summed E-state index contributed by atoms with van der Waals surface area (Å²) in [7, 11) is 1.77. The SMILES string of the molecule is Cn1c(=N)n(CC(=O)c2ccc(Br)cc2)c2cccc(CO)c21. The summed E-state index contributed by atoms with van der Waals surface area (Å²) in [5.74, 6) is -0.0575. The first-order chi connectivity index (χ1) is 11.0. The van der Waals surface area contributed by atoms with Crippen molar-refractivity contribution in [2.24, 2.45) is 7.05 Å². The molecule has 1 heterocycles. The van der Waals surface area contributed by atoms with E-state index in [-0.39, 0.29) is 24.6 Å². The molecule has 0 spiro atoms. The molecule has 0 radical (unpaired) electrons. The van der Waals surface area contributed by atoms with Crippen LogP contribution in [0.25, 0.3) is 11.0 Å². The van der Waals surface area contributed by atoms with E-state index < -0.39 is 0 Å². The number of benzene rings is 2. The van der Waals surface area contributed by atoms with Crippen LogP contribution in [0.5, 0.6) is 0 Å². The monoisotopic (exact) mass is 373 g/mol. The Bertz CT molecular complexity index is 939. The van der Waals surface area contributed by atoms with Crippen LogP contribution >= 0.6 is 15.9 Å². The number of nitrogens with one attached hydrogen (secondary N) is 1. The molecular formula is C17H16BrN3O2. The van der Waals surface area contributed by atoms with Crippen LogP contribution in [0, 0.1) is 5.41 Å². The molecule has 0 bridgehead atoms. The zero-order valence-corrected chi connectivity index (χ0v) is 14.2. The first-order valence-corrected chi connectivity index (χ1v) is 7.93. The molecule has 3 aromatic rings. The van der Waals surface area contributed by atoms with E-state index in [1.807, 2.05) is 30.3 Å². The predicted octanol–water partition coefficient (Wildman–Crippen LogP) is 2.60. The number of halogens is 1. The number of hydrogen-bond acceptors (Lipinski definition) is 3. The van der Waals surface area contributed by atoms with E-state index in [1.165, 1.54) is 0 Å². The van der Waals surface area contributed by atoms with Crippen molar-refractivity contribution >= 4 is 32.7 Å². The van der Waals surface area contributed by atoms with Gasteiger partial charge in [-0.15, -0.1) is 0 Å². The predicted molar refractivity (Wildman–Crippen MR) is 91.2 cm³/mol. The summed E-state index contributed by atoms with van der Waals surface area (Å²) in [6, 6.07) is 12.7. The van der Waals surface area contributed by atoms with Crippen LogP contribution in [0.3, 0.4) is 0 Å². The fourth-order valence-corrected chi connectivity index (χ4v) is 3.01. The van der Waals surface area contributed by atoms with Crippen molar-refractivity contribution in [3.05, 3.63) is 63.7 Å². The molecule has 0 fully saturated rings. The molecule has 6 heteroatoms. The molecule has 3 rings (SSSR count). The van der Waals surface area contributed by atoms with Gasteiger partial charge in [-0.25, -0.2) is 0 Å². The Morgan fingerprint density at radius 1 is 1.22 bits per heavy atom. The Morgan fingerprint density at radius 2 is 1.91 bits per heavy atom. The van der Waals surface area contributed by atoms with E-state index in [0.29, 0.717) is 5.56 Å². The Balaban J connectivity index is 2.07. The van der Waals surface area contributed by atoms with Gasteiger partial charge in [0.2, 0.25) is 5.62 Å². The topological polar surface area (TPSA) is 71.0 Å². The lowest BCUT2D eigenvalue weighted by atomic mass is 10.1. The fraction of sp³-hybridized carbons (Fsp3) is 0.176. The van der Waals surface area contributed by atoms with Gasteiger partial charge in [-0.3, -0.25) is 10.2 Å². The second-order valence-corrected chi connectivity index (χ2v) is 6.26. The Kier molecular flexibility index (Phi) is 4.19. The van der Waals surface area contributed by atoms with E-state index in [1.54, 1.807) is 28.3 Å². The zero-order valence-electron chi connectivity index (χ0n) is 12.6. The van der Waals surface area contributed by atoms with Crippen molar-refractivity contribution in [3.63, 3.8) is 0 Å². The molecule has 0 aliphatic heterocycles. The summed E-state index contributed by atoms with van der Waals surface area (Å²) in [4.78, 5) is 12.5. The van der Waals surface area contributed by atoms with Gasteiger partial charge in [-0.1, -0.05) is 40.2 Å². The summed E-state index contributed by atoms with van der Waals surface area (Å²) in [5, 5.41) is 17.8. The molecule has 0 aliphatic rings. The maximum Gasteiger partial charge on any atom is 0.203 e. The van der Waals surface area contributed by atoms with Crippen LogP contribution in [0.4, 0.5) is 0 Å². The highest BCUT2D eigenvalue weighted by molar-refractivity contribution is 9.10. The first-order valence-electron chi connectivity index (χ1n) is 7.14. The van der Waals surface area contributed by atoms with Gasteiger partial charge >= 0.3 is 0 Å². The number of imidazole rings is 1. The number of carbonyl (C=O) groups excluding carboxylic acids is 1. The molecule has 5 nitrogen and oxygen atoms in total. The molecule has 0 atom stereocenters. The van der Waals surface area contributed by atoms with Gasteiger partial charge in [-0.2, -0.15) is 0 Å². The van der Waals surface area contributed by atoms with Crippen LogP contribution in [0.1, 0.15) is 15.9 Å². The fourth-order valence-electron chi connectivity index (χ4n) is 2.74. The minimum absolute atomic E-state index is 0.0575. The number of rotatable bonds is 4.